The molecule has 3 nitrogen and oxygen atoms in total. The first-order chi connectivity index (χ1) is 7.83. The Morgan fingerprint density at radius 1 is 1.53 bits per heavy atom. The molecule has 0 saturated heterocycles. The summed E-state index contributed by atoms with van der Waals surface area (Å²) < 4.78 is 37.4. The highest BCUT2D eigenvalue weighted by atomic mass is 19.4. The fraction of sp³-hybridized carbons (Fsp3) is 0.455. The monoisotopic (exact) mass is 245 g/mol. The Hall–Kier alpha value is -1.59. The molecule has 1 N–H and O–H groups in total. The summed E-state index contributed by atoms with van der Waals surface area (Å²) in [5.41, 5.74) is 2.26. The molecule has 0 aliphatic rings. The molecule has 0 aliphatic heterocycles. The van der Waals surface area contributed by atoms with Crippen LogP contribution in [0.1, 0.15) is 24.6 Å². The molecular formula is C11H14F3N3. The van der Waals surface area contributed by atoms with Gasteiger partial charge in [-0.3, -0.25) is 4.68 Å². The molecule has 17 heavy (non-hydrogen) atoms. The van der Waals surface area contributed by atoms with Gasteiger partial charge in [-0.1, -0.05) is 0 Å². The third-order valence-electron chi connectivity index (χ3n) is 2.33. The fourth-order valence-corrected chi connectivity index (χ4v) is 1.48. The molecule has 1 aromatic rings. The highest BCUT2D eigenvalue weighted by molar-refractivity contribution is 5.82. The van der Waals surface area contributed by atoms with Crippen LogP contribution in [0.2, 0.25) is 0 Å². The van der Waals surface area contributed by atoms with E-state index in [1.54, 1.807) is 26.1 Å². The van der Waals surface area contributed by atoms with Crippen LogP contribution in [-0.2, 0) is 6.54 Å². The van der Waals surface area contributed by atoms with Gasteiger partial charge in [-0.25, -0.2) is 0 Å². The lowest BCUT2D eigenvalue weighted by molar-refractivity contribution is -0.137. The van der Waals surface area contributed by atoms with E-state index < -0.39 is 12.6 Å². The predicted molar refractivity (Wildman–Crippen MR) is 60.1 cm³/mol. The Kier molecular flexibility index (Phi) is 4.09. The summed E-state index contributed by atoms with van der Waals surface area (Å²) in [5, 5.41) is 11.0. The molecular weight excluding hydrogens is 231 g/mol. The fourth-order valence-electron chi connectivity index (χ4n) is 1.48. The highest BCUT2D eigenvalue weighted by Gasteiger charge is 2.26. The standard InChI is InChI=1S/C11H14F3N3/c1-8(3-5-15)10-7-17(16-9(10)2)6-4-11(12,13)14/h3,5,7,15H,4,6H2,1-2H3/b8-3+,15-5?. The number of halogens is 3. The van der Waals surface area contributed by atoms with Crippen molar-refractivity contribution in [2.24, 2.45) is 0 Å². The van der Waals surface area contributed by atoms with Crippen molar-refractivity contribution in [3.8, 4) is 0 Å². The van der Waals surface area contributed by atoms with Crippen molar-refractivity contribution >= 4 is 11.8 Å². The van der Waals surface area contributed by atoms with E-state index in [1.165, 1.54) is 4.68 Å². The van der Waals surface area contributed by atoms with Gasteiger partial charge in [0.2, 0.25) is 0 Å². The number of aromatic nitrogens is 2. The molecule has 0 radical (unpaired) electrons. The molecule has 0 spiro atoms. The molecule has 1 rings (SSSR count). The van der Waals surface area contributed by atoms with Crippen molar-refractivity contribution in [2.45, 2.75) is 33.0 Å². The van der Waals surface area contributed by atoms with E-state index >= 15 is 0 Å². The predicted octanol–water partition coefficient (Wildman–Crippen LogP) is 3.20. The molecule has 0 atom stereocenters. The van der Waals surface area contributed by atoms with E-state index in [0.29, 0.717) is 5.69 Å². The normalized spacial score (nSPS) is 12.9. The van der Waals surface area contributed by atoms with Crippen LogP contribution in [0.5, 0.6) is 0 Å². The quantitative estimate of drug-likeness (QED) is 0.813. The van der Waals surface area contributed by atoms with Gasteiger partial charge in [-0.15, -0.1) is 0 Å². The summed E-state index contributed by atoms with van der Waals surface area (Å²) in [5.74, 6) is 0. The second-order valence-corrected chi connectivity index (χ2v) is 3.77. The number of nitrogens with zero attached hydrogens (tertiary/aromatic N) is 2. The second kappa shape index (κ2) is 5.16. The van der Waals surface area contributed by atoms with Gasteiger partial charge in [-0.05, 0) is 25.5 Å². The lowest BCUT2D eigenvalue weighted by atomic mass is 10.1. The topological polar surface area (TPSA) is 41.7 Å². The average molecular weight is 245 g/mol. The van der Waals surface area contributed by atoms with E-state index in [9.17, 15) is 13.2 Å². The Morgan fingerprint density at radius 3 is 2.71 bits per heavy atom. The summed E-state index contributed by atoms with van der Waals surface area (Å²) in [7, 11) is 0. The summed E-state index contributed by atoms with van der Waals surface area (Å²) in [6, 6.07) is 0. The van der Waals surface area contributed by atoms with E-state index in [0.717, 1.165) is 17.4 Å². The van der Waals surface area contributed by atoms with Crippen molar-refractivity contribution in [3.63, 3.8) is 0 Å². The minimum atomic E-state index is -4.17. The zero-order valence-corrected chi connectivity index (χ0v) is 9.67. The zero-order valence-electron chi connectivity index (χ0n) is 9.67. The van der Waals surface area contributed by atoms with Gasteiger partial charge in [0, 0.05) is 24.5 Å². The SMILES string of the molecule is C/C(=C\C=N)c1cn(CCC(F)(F)F)nc1C. The maximum Gasteiger partial charge on any atom is 0.390 e. The Balaban J connectivity index is 2.82. The molecule has 0 aromatic carbocycles. The van der Waals surface area contributed by atoms with Crippen LogP contribution in [0.15, 0.2) is 12.3 Å². The first kappa shape index (κ1) is 13.5. The Morgan fingerprint density at radius 2 is 2.18 bits per heavy atom. The van der Waals surface area contributed by atoms with Crippen LogP contribution < -0.4 is 0 Å². The molecule has 0 fully saturated rings. The molecule has 0 bridgehead atoms. The van der Waals surface area contributed by atoms with Crippen molar-refractivity contribution in [1.82, 2.24) is 9.78 Å². The lowest BCUT2D eigenvalue weighted by Gasteiger charge is -2.05. The second-order valence-electron chi connectivity index (χ2n) is 3.77. The summed E-state index contributed by atoms with van der Waals surface area (Å²) in [6.07, 6.45) is -0.753. The first-order valence-corrected chi connectivity index (χ1v) is 5.12. The van der Waals surface area contributed by atoms with Crippen molar-refractivity contribution in [1.29, 1.82) is 5.41 Å². The van der Waals surface area contributed by atoms with E-state index in [2.05, 4.69) is 5.10 Å². The maximum atomic E-state index is 12.0. The number of allylic oxidation sites excluding steroid dienone is 2. The molecule has 1 heterocycles. The van der Waals surface area contributed by atoms with Crippen LogP contribution in [0.3, 0.4) is 0 Å². The van der Waals surface area contributed by atoms with Gasteiger partial charge >= 0.3 is 6.18 Å². The van der Waals surface area contributed by atoms with Crippen LogP contribution in [0.4, 0.5) is 13.2 Å². The molecule has 0 saturated carbocycles. The summed E-state index contributed by atoms with van der Waals surface area (Å²) in [6.45, 7) is 3.35. The van der Waals surface area contributed by atoms with Crippen LogP contribution in [0, 0.1) is 12.3 Å². The van der Waals surface area contributed by atoms with Crippen LogP contribution in [-0.4, -0.2) is 22.2 Å². The molecule has 1 aromatic heterocycles. The number of hydrogen-bond acceptors (Lipinski definition) is 2. The van der Waals surface area contributed by atoms with Gasteiger partial charge < -0.3 is 5.41 Å². The molecule has 0 amide bonds. The molecule has 0 aliphatic carbocycles. The molecule has 6 heteroatoms. The Labute approximate surface area is 97.5 Å². The smallest absolute Gasteiger partial charge is 0.309 e. The largest absolute Gasteiger partial charge is 0.390 e. The van der Waals surface area contributed by atoms with Crippen molar-refractivity contribution < 1.29 is 13.2 Å². The van der Waals surface area contributed by atoms with Gasteiger partial charge in [0.15, 0.2) is 0 Å². The first-order valence-electron chi connectivity index (χ1n) is 5.12. The van der Waals surface area contributed by atoms with Gasteiger partial charge in [0.1, 0.15) is 0 Å². The van der Waals surface area contributed by atoms with Crippen molar-refractivity contribution in [2.75, 3.05) is 0 Å². The van der Waals surface area contributed by atoms with Gasteiger partial charge in [0.25, 0.3) is 0 Å². The lowest BCUT2D eigenvalue weighted by Crippen LogP contribution is -2.12. The minimum Gasteiger partial charge on any atom is -0.309 e. The highest BCUT2D eigenvalue weighted by Crippen LogP contribution is 2.21. The number of nitrogens with one attached hydrogen (secondary N) is 1. The number of alkyl halides is 3. The van der Waals surface area contributed by atoms with E-state index in [-0.39, 0.29) is 6.54 Å². The Bertz CT molecular complexity index is 430. The van der Waals surface area contributed by atoms with E-state index in [1.807, 2.05) is 0 Å². The minimum absolute atomic E-state index is 0.178. The number of rotatable bonds is 4. The summed E-state index contributed by atoms with van der Waals surface area (Å²) >= 11 is 0. The van der Waals surface area contributed by atoms with Gasteiger partial charge in [-0.2, -0.15) is 18.3 Å². The third kappa shape index (κ3) is 4.05. The van der Waals surface area contributed by atoms with Crippen molar-refractivity contribution in [3.05, 3.63) is 23.5 Å². The van der Waals surface area contributed by atoms with Crippen LogP contribution >= 0.6 is 0 Å². The number of aryl methyl sites for hydroxylation is 2. The average Bonchev–Trinajstić information content (AvgIpc) is 2.56. The number of hydrogen-bond donors (Lipinski definition) is 1. The van der Waals surface area contributed by atoms with Gasteiger partial charge in [0.05, 0.1) is 12.1 Å². The van der Waals surface area contributed by atoms with E-state index in [4.69, 9.17) is 5.41 Å². The summed E-state index contributed by atoms with van der Waals surface area (Å²) in [4.78, 5) is 0. The molecule has 0 unspecified atom stereocenters. The maximum absolute atomic E-state index is 12.0. The third-order valence-corrected chi connectivity index (χ3v) is 2.33. The molecule has 94 valence electrons. The van der Waals surface area contributed by atoms with Crippen LogP contribution in [0.25, 0.3) is 5.57 Å². The zero-order chi connectivity index (χ0) is 13.1.